The number of nitriles is 1. The maximum Gasteiger partial charge on any atom is 0.323 e. The van der Waals surface area contributed by atoms with E-state index in [0.717, 1.165) is 5.56 Å². The third-order valence-corrected chi connectivity index (χ3v) is 2.75. The highest BCUT2D eigenvalue weighted by Crippen LogP contribution is 2.10. The predicted molar refractivity (Wildman–Crippen MR) is 74.1 cm³/mol. The van der Waals surface area contributed by atoms with Gasteiger partial charge in [-0.15, -0.1) is 0 Å². The second kappa shape index (κ2) is 6.68. The summed E-state index contributed by atoms with van der Waals surface area (Å²) in [5, 5.41) is 22.8. The number of nitrogens with one attached hydrogen (secondary N) is 2. The van der Waals surface area contributed by atoms with Crippen LogP contribution in [0, 0.1) is 11.3 Å². The molecule has 0 aliphatic rings. The van der Waals surface area contributed by atoms with Crippen molar-refractivity contribution >= 4 is 17.6 Å². The molecule has 0 spiro atoms. The molecule has 0 saturated heterocycles. The first kappa shape index (κ1) is 15.7. The molecule has 0 unspecified atom stereocenters. The van der Waals surface area contributed by atoms with Crippen LogP contribution in [-0.2, 0) is 16.0 Å². The Morgan fingerprint density at radius 1 is 1.30 bits per heavy atom. The zero-order chi connectivity index (χ0) is 15.2. The molecule has 0 heterocycles. The molecule has 0 bridgehead atoms. The third kappa shape index (κ3) is 4.71. The second-order valence-corrected chi connectivity index (χ2v) is 4.86. The van der Waals surface area contributed by atoms with Gasteiger partial charge < -0.3 is 10.4 Å². The largest absolute Gasteiger partial charge is 0.480 e. The highest BCUT2D eigenvalue weighted by atomic mass is 16.4. The van der Waals surface area contributed by atoms with Crippen molar-refractivity contribution < 1.29 is 14.7 Å². The normalized spacial score (nSPS) is 10.7. The maximum absolute atomic E-state index is 11.7. The van der Waals surface area contributed by atoms with Crippen LogP contribution in [0.15, 0.2) is 24.3 Å². The second-order valence-electron chi connectivity index (χ2n) is 4.86. The molecule has 3 N–H and O–H groups in total. The summed E-state index contributed by atoms with van der Waals surface area (Å²) in [6.45, 7) is 2.87. The third-order valence-electron chi connectivity index (χ3n) is 2.75. The zero-order valence-corrected chi connectivity index (χ0v) is 11.4. The van der Waals surface area contributed by atoms with Gasteiger partial charge in [-0.25, -0.2) is 0 Å². The van der Waals surface area contributed by atoms with Crippen molar-refractivity contribution in [2.24, 2.45) is 0 Å². The van der Waals surface area contributed by atoms with Crippen LogP contribution in [0.3, 0.4) is 0 Å². The number of amides is 1. The molecular weight excluding hydrogens is 258 g/mol. The molecule has 106 valence electrons. The lowest BCUT2D eigenvalue weighted by molar-refractivity contribution is -0.143. The number of rotatable bonds is 6. The summed E-state index contributed by atoms with van der Waals surface area (Å²) in [6, 6.07) is 8.96. The van der Waals surface area contributed by atoms with E-state index in [1.165, 1.54) is 13.8 Å². The van der Waals surface area contributed by atoms with E-state index in [0.29, 0.717) is 12.1 Å². The zero-order valence-electron chi connectivity index (χ0n) is 11.4. The average Bonchev–Trinajstić information content (AvgIpc) is 2.39. The number of carboxylic acids is 1. The monoisotopic (exact) mass is 275 g/mol. The van der Waals surface area contributed by atoms with Gasteiger partial charge in [-0.05, 0) is 31.5 Å². The fraction of sp³-hybridized carbons (Fsp3) is 0.357. The average molecular weight is 275 g/mol. The van der Waals surface area contributed by atoms with Crippen LogP contribution in [0.25, 0.3) is 0 Å². The maximum atomic E-state index is 11.7. The molecule has 1 rings (SSSR count). The Morgan fingerprint density at radius 3 is 2.40 bits per heavy atom. The molecule has 6 heteroatoms. The first-order chi connectivity index (χ1) is 9.35. The lowest BCUT2D eigenvalue weighted by Crippen LogP contribution is -2.49. The smallest absolute Gasteiger partial charge is 0.323 e. The van der Waals surface area contributed by atoms with E-state index in [1.807, 2.05) is 6.07 Å². The number of benzene rings is 1. The summed E-state index contributed by atoms with van der Waals surface area (Å²) in [6.07, 6.45) is 0.322. The molecule has 6 nitrogen and oxygen atoms in total. The highest BCUT2D eigenvalue weighted by molar-refractivity contribution is 5.92. The van der Waals surface area contributed by atoms with Crippen molar-refractivity contribution in [2.45, 2.75) is 25.8 Å². The summed E-state index contributed by atoms with van der Waals surface area (Å²) in [7, 11) is 0. The van der Waals surface area contributed by atoms with Gasteiger partial charge in [0, 0.05) is 5.69 Å². The van der Waals surface area contributed by atoms with Gasteiger partial charge >= 0.3 is 5.97 Å². The number of carbonyl (C=O) groups is 2. The van der Waals surface area contributed by atoms with Gasteiger partial charge in [-0.2, -0.15) is 5.26 Å². The Hall–Kier alpha value is -2.39. The molecule has 0 aliphatic carbocycles. The minimum absolute atomic E-state index is 0.0980. The molecule has 1 aromatic carbocycles. The van der Waals surface area contributed by atoms with Gasteiger partial charge in [0.15, 0.2) is 0 Å². The standard InChI is InChI=1S/C14H17N3O3/c1-14(2,13(19)20)16-9-12(18)17-11-5-3-10(4-6-11)7-8-15/h3-6,16H,7,9H2,1-2H3,(H,17,18)(H,19,20). The summed E-state index contributed by atoms with van der Waals surface area (Å²) in [5.41, 5.74) is 0.316. The summed E-state index contributed by atoms with van der Waals surface area (Å²) in [4.78, 5) is 22.5. The van der Waals surface area contributed by atoms with Gasteiger partial charge in [0.25, 0.3) is 0 Å². The topological polar surface area (TPSA) is 102 Å². The Kier molecular flexibility index (Phi) is 5.23. The summed E-state index contributed by atoms with van der Waals surface area (Å²) in [5.74, 6) is -1.35. The molecule has 0 fully saturated rings. The van der Waals surface area contributed by atoms with E-state index in [2.05, 4.69) is 10.6 Å². The highest BCUT2D eigenvalue weighted by Gasteiger charge is 2.26. The summed E-state index contributed by atoms with van der Waals surface area (Å²) >= 11 is 0. The van der Waals surface area contributed by atoms with Crippen LogP contribution in [0.1, 0.15) is 19.4 Å². The minimum atomic E-state index is -1.16. The van der Waals surface area contributed by atoms with Crippen molar-refractivity contribution in [3.8, 4) is 6.07 Å². The Labute approximate surface area is 117 Å². The molecule has 20 heavy (non-hydrogen) atoms. The van der Waals surface area contributed by atoms with E-state index in [1.54, 1.807) is 24.3 Å². The number of hydrogen-bond donors (Lipinski definition) is 3. The van der Waals surface area contributed by atoms with Crippen molar-refractivity contribution in [3.05, 3.63) is 29.8 Å². The van der Waals surface area contributed by atoms with Crippen molar-refractivity contribution in [1.82, 2.24) is 5.32 Å². The Balaban J connectivity index is 2.51. The molecule has 1 amide bonds. The number of aliphatic carboxylic acids is 1. The fourth-order valence-electron chi connectivity index (χ4n) is 1.38. The van der Waals surface area contributed by atoms with Gasteiger partial charge in [0.1, 0.15) is 5.54 Å². The van der Waals surface area contributed by atoms with Crippen LogP contribution in [-0.4, -0.2) is 29.1 Å². The molecule has 0 aromatic heterocycles. The number of carboxylic acid groups (broad SMARTS) is 1. The molecule has 1 aromatic rings. The molecule has 0 atom stereocenters. The van der Waals surface area contributed by atoms with E-state index < -0.39 is 11.5 Å². The van der Waals surface area contributed by atoms with Gasteiger partial charge in [-0.3, -0.25) is 14.9 Å². The lowest BCUT2D eigenvalue weighted by Gasteiger charge is -2.20. The van der Waals surface area contributed by atoms with Crippen molar-refractivity contribution in [3.63, 3.8) is 0 Å². The van der Waals surface area contributed by atoms with Gasteiger partial charge in [-0.1, -0.05) is 12.1 Å². The number of carbonyl (C=O) groups excluding carboxylic acids is 1. The van der Waals surface area contributed by atoms with Gasteiger partial charge in [0.05, 0.1) is 19.0 Å². The molecule has 0 radical (unpaired) electrons. The Morgan fingerprint density at radius 2 is 1.90 bits per heavy atom. The minimum Gasteiger partial charge on any atom is -0.480 e. The number of nitrogens with zero attached hydrogens (tertiary/aromatic N) is 1. The number of hydrogen-bond acceptors (Lipinski definition) is 4. The number of anilines is 1. The fourth-order valence-corrected chi connectivity index (χ4v) is 1.38. The van der Waals surface area contributed by atoms with E-state index in [4.69, 9.17) is 10.4 Å². The predicted octanol–water partition coefficient (Wildman–Crippen LogP) is 1.14. The van der Waals surface area contributed by atoms with E-state index in [-0.39, 0.29) is 12.5 Å². The first-order valence-corrected chi connectivity index (χ1v) is 6.09. The van der Waals surface area contributed by atoms with Crippen LogP contribution in [0.4, 0.5) is 5.69 Å². The van der Waals surface area contributed by atoms with E-state index in [9.17, 15) is 9.59 Å². The SMILES string of the molecule is CC(C)(NCC(=O)Nc1ccc(CC#N)cc1)C(=O)O. The molecule has 0 aliphatic heterocycles. The first-order valence-electron chi connectivity index (χ1n) is 6.09. The Bertz CT molecular complexity index is 530. The van der Waals surface area contributed by atoms with Gasteiger partial charge in [0.2, 0.25) is 5.91 Å². The van der Waals surface area contributed by atoms with Crippen LogP contribution >= 0.6 is 0 Å². The van der Waals surface area contributed by atoms with Crippen LogP contribution < -0.4 is 10.6 Å². The van der Waals surface area contributed by atoms with Crippen molar-refractivity contribution in [2.75, 3.05) is 11.9 Å². The van der Waals surface area contributed by atoms with Crippen LogP contribution in [0.5, 0.6) is 0 Å². The molecular formula is C14H17N3O3. The molecule has 0 saturated carbocycles. The quantitative estimate of drug-likeness (QED) is 0.722. The lowest BCUT2D eigenvalue weighted by atomic mass is 10.1. The van der Waals surface area contributed by atoms with E-state index >= 15 is 0 Å². The van der Waals surface area contributed by atoms with Crippen LogP contribution in [0.2, 0.25) is 0 Å². The summed E-state index contributed by atoms with van der Waals surface area (Å²) < 4.78 is 0. The van der Waals surface area contributed by atoms with Crippen molar-refractivity contribution in [1.29, 1.82) is 5.26 Å².